The van der Waals surface area contributed by atoms with E-state index in [-0.39, 0.29) is 11.9 Å². The first-order valence-electron chi connectivity index (χ1n) is 10.7. The van der Waals surface area contributed by atoms with Gasteiger partial charge in [0.25, 0.3) is 5.91 Å². The number of amides is 1. The molecule has 1 aliphatic heterocycles. The highest BCUT2D eigenvalue weighted by Crippen LogP contribution is 2.29. The van der Waals surface area contributed by atoms with Crippen LogP contribution in [0.3, 0.4) is 0 Å². The third-order valence-electron chi connectivity index (χ3n) is 5.89. The summed E-state index contributed by atoms with van der Waals surface area (Å²) in [6, 6.07) is 15.4. The van der Waals surface area contributed by atoms with Crippen molar-refractivity contribution in [3.63, 3.8) is 0 Å². The summed E-state index contributed by atoms with van der Waals surface area (Å²) in [6.07, 6.45) is 0. The van der Waals surface area contributed by atoms with Gasteiger partial charge in [-0.25, -0.2) is 0 Å². The lowest BCUT2D eigenvalue weighted by Crippen LogP contribution is -3.28. The van der Waals surface area contributed by atoms with Gasteiger partial charge >= 0.3 is 0 Å². The van der Waals surface area contributed by atoms with Crippen molar-refractivity contribution in [2.45, 2.75) is 19.5 Å². The van der Waals surface area contributed by atoms with Crippen LogP contribution < -0.4 is 24.6 Å². The predicted molar refractivity (Wildman–Crippen MR) is 117 cm³/mol. The normalized spacial score (nSPS) is 19.2. The maximum Gasteiger partial charge on any atom is 0.275 e. The SMILES string of the molecule is COc1ccc(OC)c([C@@H](C)NC(=O)C[NH+]2CC[NH+](Cc3ccc(C#N)cc3)CC2)c1. The highest BCUT2D eigenvalue weighted by molar-refractivity contribution is 5.77. The summed E-state index contributed by atoms with van der Waals surface area (Å²) in [5.41, 5.74) is 2.85. The largest absolute Gasteiger partial charge is 0.497 e. The van der Waals surface area contributed by atoms with Gasteiger partial charge in [0.1, 0.15) is 44.2 Å². The molecule has 1 heterocycles. The lowest BCUT2D eigenvalue weighted by Gasteiger charge is -2.29. The number of nitrogens with one attached hydrogen (secondary N) is 3. The van der Waals surface area contributed by atoms with Crippen LogP contribution in [0.1, 0.15) is 29.7 Å². The van der Waals surface area contributed by atoms with Crippen LogP contribution in [0.15, 0.2) is 42.5 Å². The molecule has 1 atom stereocenters. The molecule has 0 bridgehead atoms. The van der Waals surface area contributed by atoms with Crippen molar-refractivity contribution < 1.29 is 24.1 Å². The molecule has 2 aromatic carbocycles. The van der Waals surface area contributed by atoms with Gasteiger partial charge in [-0.2, -0.15) is 5.26 Å². The van der Waals surface area contributed by atoms with Crippen molar-refractivity contribution in [3.8, 4) is 17.6 Å². The van der Waals surface area contributed by atoms with E-state index in [0.717, 1.165) is 49.8 Å². The number of carbonyl (C=O) groups excluding carboxylic acids is 1. The zero-order chi connectivity index (χ0) is 22.2. The zero-order valence-electron chi connectivity index (χ0n) is 18.5. The van der Waals surface area contributed by atoms with Gasteiger partial charge in [-0.15, -0.1) is 0 Å². The molecule has 3 N–H and O–H groups in total. The molecular formula is C24H32N4O3+2. The molecule has 1 amide bonds. The van der Waals surface area contributed by atoms with E-state index in [0.29, 0.717) is 12.1 Å². The molecule has 7 heteroatoms. The summed E-state index contributed by atoms with van der Waals surface area (Å²) in [5.74, 6) is 1.52. The zero-order valence-corrected chi connectivity index (χ0v) is 18.5. The second-order valence-corrected chi connectivity index (χ2v) is 8.06. The van der Waals surface area contributed by atoms with Crippen molar-refractivity contribution in [1.29, 1.82) is 5.26 Å². The fourth-order valence-electron chi connectivity index (χ4n) is 4.07. The summed E-state index contributed by atoms with van der Waals surface area (Å²) >= 11 is 0. The number of piperazine rings is 1. The number of ether oxygens (including phenoxy) is 2. The lowest BCUT2D eigenvalue weighted by molar-refractivity contribution is -1.02. The molecule has 0 radical (unpaired) electrons. The number of carbonyl (C=O) groups is 1. The van der Waals surface area contributed by atoms with E-state index >= 15 is 0 Å². The van der Waals surface area contributed by atoms with Gasteiger partial charge in [0.15, 0.2) is 6.54 Å². The molecule has 1 fully saturated rings. The van der Waals surface area contributed by atoms with E-state index in [1.54, 1.807) is 14.2 Å². The number of nitrogens with zero attached hydrogens (tertiary/aromatic N) is 1. The fourth-order valence-corrected chi connectivity index (χ4v) is 4.07. The average Bonchev–Trinajstić information content (AvgIpc) is 2.80. The molecule has 164 valence electrons. The summed E-state index contributed by atoms with van der Waals surface area (Å²) in [5, 5.41) is 12.0. The minimum absolute atomic E-state index is 0.0444. The molecule has 0 spiro atoms. The van der Waals surface area contributed by atoms with E-state index in [9.17, 15) is 4.79 Å². The molecule has 0 unspecified atom stereocenters. The summed E-state index contributed by atoms with van der Waals surface area (Å²) in [6.45, 7) is 7.39. The Labute approximate surface area is 184 Å². The van der Waals surface area contributed by atoms with Crippen LogP contribution in [-0.4, -0.2) is 52.9 Å². The third-order valence-corrected chi connectivity index (χ3v) is 5.89. The van der Waals surface area contributed by atoms with E-state index in [1.807, 2.05) is 49.4 Å². The first-order chi connectivity index (χ1) is 15.0. The number of methoxy groups -OCH3 is 2. The molecule has 0 saturated carbocycles. The van der Waals surface area contributed by atoms with Crippen LogP contribution in [0.4, 0.5) is 0 Å². The lowest BCUT2D eigenvalue weighted by atomic mass is 10.1. The Morgan fingerprint density at radius 1 is 1.06 bits per heavy atom. The number of hydrogen-bond donors (Lipinski definition) is 3. The third kappa shape index (κ3) is 6.20. The molecule has 0 aromatic heterocycles. The minimum atomic E-state index is -0.166. The smallest absolute Gasteiger partial charge is 0.275 e. The Bertz CT molecular complexity index is 915. The number of benzene rings is 2. The molecule has 1 aliphatic rings. The van der Waals surface area contributed by atoms with Crippen molar-refractivity contribution in [3.05, 3.63) is 59.2 Å². The highest BCUT2D eigenvalue weighted by Gasteiger charge is 2.26. The van der Waals surface area contributed by atoms with Crippen LogP contribution >= 0.6 is 0 Å². The first kappa shape index (κ1) is 22.6. The van der Waals surface area contributed by atoms with E-state index in [1.165, 1.54) is 15.4 Å². The Morgan fingerprint density at radius 2 is 1.74 bits per heavy atom. The summed E-state index contributed by atoms with van der Waals surface area (Å²) in [4.78, 5) is 15.5. The Hall–Kier alpha value is -3.08. The summed E-state index contributed by atoms with van der Waals surface area (Å²) in [7, 11) is 3.25. The highest BCUT2D eigenvalue weighted by atomic mass is 16.5. The van der Waals surface area contributed by atoms with Gasteiger partial charge in [-0.1, -0.05) is 12.1 Å². The Morgan fingerprint density at radius 3 is 2.35 bits per heavy atom. The van der Waals surface area contributed by atoms with Crippen LogP contribution in [0.2, 0.25) is 0 Å². The van der Waals surface area contributed by atoms with Crippen LogP contribution in [0, 0.1) is 11.3 Å². The maximum atomic E-state index is 12.6. The van der Waals surface area contributed by atoms with Crippen molar-refractivity contribution in [2.24, 2.45) is 0 Å². The molecule has 1 saturated heterocycles. The standard InChI is InChI=1S/C24H30N4O3/c1-18(22-14-21(30-2)8-9-23(22)31-3)26-24(29)17-28-12-10-27(11-13-28)16-20-6-4-19(15-25)5-7-20/h4-9,14,18H,10-13,16-17H2,1-3H3,(H,26,29)/p+2/t18-/m1/s1. The van der Waals surface area contributed by atoms with E-state index in [2.05, 4.69) is 11.4 Å². The van der Waals surface area contributed by atoms with Gasteiger partial charge in [0.05, 0.1) is 31.9 Å². The van der Waals surface area contributed by atoms with Gasteiger partial charge in [-0.05, 0) is 37.3 Å². The van der Waals surface area contributed by atoms with Gasteiger partial charge in [0, 0.05) is 11.1 Å². The minimum Gasteiger partial charge on any atom is -0.497 e. The Kier molecular flexibility index (Phi) is 7.88. The van der Waals surface area contributed by atoms with E-state index in [4.69, 9.17) is 14.7 Å². The second-order valence-electron chi connectivity index (χ2n) is 8.06. The summed E-state index contributed by atoms with van der Waals surface area (Å²) < 4.78 is 10.7. The number of quaternary nitrogens is 2. The number of rotatable bonds is 8. The average molecular weight is 425 g/mol. The van der Waals surface area contributed by atoms with Gasteiger partial charge in [0.2, 0.25) is 0 Å². The van der Waals surface area contributed by atoms with E-state index < -0.39 is 0 Å². The van der Waals surface area contributed by atoms with Gasteiger partial charge < -0.3 is 24.6 Å². The van der Waals surface area contributed by atoms with Crippen molar-refractivity contribution in [2.75, 3.05) is 46.9 Å². The Balaban J connectivity index is 1.47. The van der Waals surface area contributed by atoms with Gasteiger partial charge in [-0.3, -0.25) is 4.79 Å². The molecule has 2 aromatic rings. The molecule has 3 rings (SSSR count). The second kappa shape index (κ2) is 10.8. The molecular weight excluding hydrogens is 392 g/mol. The molecule has 31 heavy (non-hydrogen) atoms. The van der Waals surface area contributed by atoms with Crippen LogP contribution in [0.5, 0.6) is 11.5 Å². The maximum absolute atomic E-state index is 12.6. The van der Waals surface area contributed by atoms with Crippen LogP contribution in [0.25, 0.3) is 0 Å². The van der Waals surface area contributed by atoms with Crippen molar-refractivity contribution in [1.82, 2.24) is 5.32 Å². The van der Waals surface area contributed by atoms with Crippen LogP contribution in [-0.2, 0) is 11.3 Å². The topological polar surface area (TPSA) is 80.2 Å². The first-order valence-corrected chi connectivity index (χ1v) is 10.7. The monoisotopic (exact) mass is 424 g/mol. The predicted octanol–water partition coefficient (Wildman–Crippen LogP) is -0.264. The molecule has 0 aliphatic carbocycles. The van der Waals surface area contributed by atoms with Crippen molar-refractivity contribution >= 4 is 5.91 Å². The molecule has 7 nitrogen and oxygen atoms in total. The number of nitriles is 1. The number of hydrogen-bond acceptors (Lipinski definition) is 4. The quantitative estimate of drug-likeness (QED) is 0.545. The fraction of sp³-hybridized carbons (Fsp3) is 0.417.